The van der Waals surface area contributed by atoms with E-state index in [1.54, 1.807) is 19.9 Å². The molecule has 5 rings (SSSR count). The number of nitrogens with two attached hydrogens (primary N) is 1. The van der Waals surface area contributed by atoms with Crippen molar-refractivity contribution in [1.29, 1.82) is 0 Å². The number of halogens is 1. The molecule has 2 aromatic heterocycles. The van der Waals surface area contributed by atoms with E-state index in [1.807, 2.05) is 0 Å². The van der Waals surface area contributed by atoms with Crippen LogP contribution in [-0.4, -0.2) is 81.1 Å². The first-order chi connectivity index (χ1) is 20.3. The Morgan fingerprint density at radius 1 is 1.30 bits per heavy atom. The third-order valence-corrected chi connectivity index (χ3v) is 8.25. The molecular weight excluding hydrogens is 594 g/mol. The summed E-state index contributed by atoms with van der Waals surface area (Å²) in [5.41, 5.74) is 3.67. The lowest BCUT2D eigenvalue weighted by molar-refractivity contribution is -0.149. The number of rotatable bonds is 11. The highest BCUT2D eigenvalue weighted by Gasteiger charge is 2.56. The van der Waals surface area contributed by atoms with Crippen molar-refractivity contribution in [3.05, 3.63) is 24.5 Å². The van der Waals surface area contributed by atoms with Crippen LogP contribution in [0.5, 0.6) is 23.1 Å². The zero-order valence-corrected chi connectivity index (χ0v) is 24.8. The van der Waals surface area contributed by atoms with E-state index in [0.29, 0.717) is 11.5 Å². The molecule has 4 N–H and O–H groups in total. The molecule has 0 amide bonds. The SMILES string of the molecule is COc1nc(N)nc2c1ncn2[C@@H]1O[C@H](COP(=O)(N[C@@H](C)C(=O)OC(C)C)Oc2ccc3c(c2)OCO3)[C@@H](O)[C@@]1(C)F. The highest BCUT2D eigenvalue weighted by Crippen LogP contribution is 2.49. The number of nitrogens with zero attached hydrogens (tertiary/aromatic N) is 4. The van der Waals surface area contributed by atoms with Gasteiger partial charge in [-0.1, -0.05) is 0 Å². The van der Waals surface area contributed by atoms with E-state index >= 15 is 4.39 Å². The lowest BCUT2D eigenvalue weighted by Gasteiger charge is -2.25. The van der Waals surface area contributed by atoms with Crippen molar-refractivity contribution >= 4 is 30.8 Å². The third-order valence-electron chi connectivity index (χ3n) is 6.61. The molecule has 1 saturated heterocycles. The number of nitrogens with one attached hydrogen (secondary N) is 1. The first kappa shape index (κ1) is 30.7. The Labute approximate surface area is 245 Å². The van der Waals surface area contributed by atoms with Crippen molar-refractivity contribution in [2.24, 2.45) is 0 Å². The highest BCUT2D eigenvalue weighted by atomic mass is 31.2. The van der Waals surface area contributed by atoms with Crippen molar-refractivity contribution in [1.82, 2.24) is 24.6 Å². The average Bonchev–Trinajstić information content (AvgIpc) is 3.63. The summed E-state index contributed by atoms with van der Waals surface area (Å²) in [6.07, 6.45) is -3.77. The summed E-state index contributed by atoms with van der Waals surface area (Å²) in [5, 5.41) is 13.5. The van der Waals surface area contributed by atoms with Crippen LogP contribution in [0.1, 0.15) is 33.9 Å². The number of methoxy groups -OCH3 is 1. The first-order valence-electron chi connectivity index (χ1n) is 13.2. The quantitative estimate of drug-likeness (QED) is 0.207. The zero-order valence-electron chi connectivity index (χ0n) is 23.9. The van der Waals surface area contributed by atoms with Crippen LogP contribution in [0.25, 0.3) is 11.2 Å². The molecular formula is C25H32FN6O10P. The normalized spacial score (nSPS) is 25.1. The van der Waals surface area contributed by atoms with Crippen LogP contribution in [0.3, 0.4) is 0 Å². The fraction of sp³-hybridized carbons (Fsp3) is 0.520. The van der Waals surface area contributed by atoms with E-state index in [0.717, 1.165) is 6.92 Å². The van der Waals surface area contributed by atoms with Gasteiger partial charge in [0.2, 0.25) is 18.6 Å². The van der Waals surface area contributed by atoms with Gasteiger partial charge in [0.05, 0.1) is 26.1 Å². The molecule has 2 aliphatic rings. The first-order valence-corrected chi connectivity index (χ1v) is 14.7. The summed E-state index contributed by atoms with van der Waals surface area (Å²) in [7, 11) is -3.05. The highest BCUT2D eigenvalue weighted by molar-refractivity contribution is 7.52. The van der Waals surface area contributed by atoms with Crippen molar-refractivity contribution in [3.63, 3.8) is 0 Å². The molecule has 1 fully saturated rings. The number of aliphatic hydroxyl groups excluding tert-OH is 1. The van der Waals surface area contributed by atoms with E-state index in [2.05, 4.69) is 20.0 Å². The van der Waals surface area contributed by atoms with Gasteiger partial charge in [0.25, 0.3) is 0 Å². The smallest absolute Gasteiger partial charge is 0.459 e. The molecule has 0 bridgehead atoms. The predicted molar refractivity (Wildman–Crippen MR) is 146 cm³/mol. The number of esters is 1. The summed E-state index contributed by atoms with van der Waals surface area (Å²) >= 11 is 0. The molecule has 1 aromatic carbocycles. The number of nitrogen functional groups attached to an aromatic ring is 1. The van der Waals surface area contributed by atoms with Crippen LogP contribution >= 0.6 is 7.75 Å². The number of carbonyl (C=O) groups excluding carboxylic acids is 1. The predicted octanol–water partition coefficient (Wildman–Crippen LogP) is 2.27. The van der Waals surface area contributed by atoms with E-state index in [-0.39, 0.29) is 35.5 Å². The number of benzene rings is 1. The average molecular weight is 627 g/mol. The maximum atomic E-state index is 16.0. The van der Waals surface area contributed by atoms with Crippen LogP contribution in [0.2, 0.25) is 0 Å². The second-order valence-corrected chi connectivity index (χ2v) is 12.0. The lowest BCUT2D eigenvalue weighted by atomic mass is 9.98. The topological polar surface area (TPSA) is 201 Å². The molecule has 0 saturated carbocycles. The number of anilines is 1. The molecule has 16 nitrogen and oxygen atoms in total. The number of imidazole rings is 1. The Morgan fingerprint density at radius 2 is 2.05 bits per heavy atom. The standard InChI is InChI=1S/C25H32FN6O10P/c1-12(2)40-22(34)13(3)31-43(35,42-14-6-7-15-16(8-14)38-11-37-15)39-9-17-19(33)25(4,26)23(41-17)32-10-28-18-20(32)29-24(27)30-21(18)36-5/h6-8,10,12-13,17,19,23,33H,9,11H2,1-5H3,(H,31,35)(H2,27,29,30)/t13-,17+,19+,23+,25+,43?/m0/s1. The number of hydrogen-bond donors (Lipinski definition) is 3. The minimum atomic E-state index is -4.41. The van der Waals surface area contributed by atoms with Gasteiger partial charge < -0.3 is 39.0 Å². The van der Waals surface area contributed by atoms with Crippen LogP contribution in [0, 0.1) is 0 Å². The Kier molecular flexibility index (Phi) is 8.37. The molecule has 4 heterocycles. The van der Waals surface area contributed by atoms with E-state index < -0.39 is 56.6 Å². The van der Waals surface area contributed by atoms with Gasteiger partial charge in [0.1, 0.15) is 24.0 Å². The summed E-state index contributed by atoms with van der Waals surface area (Å²) < 4.78 is 69.4. The third kappa shape index (κ3) is 6.17. The van der Waals surface area contributed by atoms with Crippen LogP contribution in [-0.2, 0) is 23.4 Å². The number of aliphatic hydroxyl groups is 1. The minimum absolute atomic E-state index is 0.000946. The molecule has 6 atom stereocenters. The molecule has 18 heteroatoms. The molecule has 234 valence electrons. The number of ether oxygens (including phenoxy) is 5. The van der Waals surface area contributed by atoms with Crippen LogP contribution in [0.15, 0.2) is 24.5 Å². The van der Waals surface area contributed by atoms with Gasteiger partial charge in [0, 0.05) is 6.07 Å². The number of alkyl halides is 1. The number of fused-ring (bicyclic) bond motifs is 2. The summed E-state index contributed by atoms with van der Waals surface area (Å²) in [4.78, 5) is 24.7. The Morgan fingerprint density at radius 3 is 2.77 bits per heavy atom. The molecule has 43 heavy (non-hydrogen) atoms. The van der Waals surface area contributed by atoms with Crippen molar-refractivity contribution in [2.45, 2.75) is 63.9 Å². The second kappa shape index (κ2) is 11.7. The van der Waals surface area contributed by atoms with E-state index in [9.17, 15) is 14.5 Å². The number of carbonyl (C=O) groups is 1. The molecule has 0 spiro atoms. The van der Waals surface area contributed by atoms with Gasteiger partial charge in [-0.05, 0) is 39.8 Å². The Bertz CT molecular complexity index is 1550. The maximum absolute atomic E-state index is 16.0. The maximum Gasteiger partial charge on any atom is 0.459 e. The van der Waals surface area contributed by atoms with Gasteiger partial charge in [0.15, 0.2) is 34.6 Å². The largest absolute Gasteiger partial charge is 0.479 e. The van der Waals surface area contributed by atoms with Gasteiger partial charge in [-0.25, -0.2) is 13.9 Å². The van der Waals surface area contributed by atoms with Crippen molar-refractivity contribution in [3.8, 4) is 23.1 Å². The van der Waals surface area contributed by atoms with Crippen molar-refractivity contribution < 1.29 is 51.6 Å². The summed E-state index contributed by atoms with van der Waals surface area (Å²) in [6.45, 7) is 5.23. The fourth-order valence-corrected chi connectivity index (χ4v) is 6.02. The fourth-order valence-electron chi connectivity index (χ4n) is 4.53. The van der Waals surface area contributed by atoms with Gasteiger partial charge in [-0.3, -0.25) is 13.9 Å². The Hall–Kier alpha value is -3.76. The molecule has 0 aliphatic carbocycles. The number of hydrogen-bond acceptors (Lipinski definition) is 14. The summed E-state index contributed by atoms with van der Waals surface area (Å²) in [5.74, 6) is 0.0564. The van der Waals surface area contributed by atoms with Crippen LogP contribution in [0.4, 0.5) is 10.3 Å². The molecule has 0 radical (unpaired) electrons. The monoisotopic (exact) mass is 626 g/mol. The Balaban J connectivity index is 1.38. The van der Waals surface area contributed by atoms with E-state index in [4.69, 9.17) is 38.5 Å². The lowest BCUT2D eigenvalue weighted by Crippen LogP contribution is -2.41. The molecule has 3 aromatic rings. The van der Waals surface area contributed by atoms with Gasteiger partial charge in [-0.15, -0.1) is 0 Å². The van der Waals surface area contributed by atoms with Gasteiger partial charge >= 0.3 is 13.7 Å². The van der Waals surface area contributed by atoms with Crippen molar-refractivity contribution in [2.75, 3.05) is 26.2 Å². The van der Waals surface area contributed by atoms with Gasteiger partial charge in [-0.2, -0.15) is 15.1 Å². The minimum Gasteiger partial charge on any atom is -0.479 e. The molecule has 1 unspecified atom stereocenters. The van der Waals surface area contributed by atoms with E-state index in [1.165, 1.54) is 37.1 Å². The zero-order chi connectivity index (χ0) is 31.1. The van der Waals surface area contributed by atoms with Crippen LogP contribution < -0.4 is 29.6 Å². The second-order valence-electron chi connectivity index (χ2n) is 10.3. The molecule has 2 aliphatic heterocycles. The summed E-state index contributed by atoms with van der Waals surface area (Å²) in [6, 6.07) is 3.29. The number of aromatic nitrogens is 4.